The second-order valence-corrected chi connectivity index (χ2v) is 4.73. The molecule has 5 nitrogen and oxygen atoms in total. The number of imidazole rings is 1. The minimum Gasteiger partial charge on any atom is -0.369 e. The average Bonchev–Trinajstić information content (AvgIpc) is 2.87. The van der Waals surface area contributed by atoms with Crippen LogP contribution in [0.4, 0.5) is 19.1 Å². The first-order valence-electron chi connectivity index (χ1n) is 6.14. The predicted molar refractivity (Wildman–Crippen MR) is 72.0 cm³/mol. The zero-order valence-corrected chi connectivity index (χ0v) is 11.3. The van der Waals surface area contributed by atoms with Gasteiger partial charge >= 0.3 is 6.18 Å². The average molecular weight is 295 g/mol. The van der Waals surface area contributed by atoms with E-state index in [0.29, 0.717) is 22.5 Å². The smallest absolute Gasteiger partial charge is 0.369 e. The molecule has 1 aromatic carbocycles. The molecule has 2 N–H and O–H groups in total. The van der Waals surface area contributed by atoms with Gasteiger partial charge in [0.2, 0.25) is 5.95 Å². The Hall–Kier alpha value is -2.51. The zero-order valence-electron chi connectivity index (χ0n) is 11.3. The summed E-state index contributed by atoms with van der Waals surface area (Å²) in [4.78, 5) is 4.18. The summed E-state index contributed by atoms with van der Waals surface area (Å²) in [5.74, 6) is 0.125. The van der Waals surface area contributed by atoms with Crippen LogP contribution in [0.15, 0.2) is 24.3 Å². The standard InChI is InChI=1S/C13H12F3N5/c1-7-10-11(20(2)19-7)21(12(17)18-10)9-5-3-4-8(6-9)13(14,15)16/h3-6H,1-2H3,(H2,17,18). The van der Waals surface area contributed by atoms with Gasteiger partial charge in [-0.15, -0.1) is 0 Å². The fourth-order valence-corrected chi connectivity index (χ4v) is 2.37. The Morgan fingerprint density at radius 1 is 1.24 bits per heavy atom. The number of halogens is 3. The molecule has 8 heteroatoms. The number of nitrogens with two attached hydrogens (primary N) is 1. The van der Waals surface area contributed by atoms with Gasteiger partial charge in [0.25, 0.3) is 0 Å². The van der Waals surface area contributed by atoms with Gasteiger partial charge in [-0.25, -0.2) is 9.67 Å². The summed E-state index contributed by atoms with van der Waals surface area (Å²) in [5, 5.41) is 4.20. The molecule has 0 bridgehead atoms. The number of hydrogen-bond donors (Lipinski definition) is 1. The molecular formula is C13H12F3N5. The first-order chi connectivity index (χ1) is 9.79. The molecule has 2 aromatic heterocycles. The highest BCUT2D eigenvalue weighted by atomic mass is 19.4. The van der Waals surface area contributed by atoms with Crippen molar-refractivity contribution in [1.82, 2.24) is 19.3 Å². The highest BCUT2D eigenvalue weighted by Crippen LogP contribution is 2.32. The van der Waals surface area contributed by atoms with Gasteiger partial charge in [0.05, 0.1) is 16.9 Å². The summed E-state index contributed by atoms with van der Waals surface area (Å²) in [5.41, 5.74) is 7.23. The number of aryl methyl sites for hydroxylation is 2. The maximum atomic E-state index is 12.8. The molecule has 3 rings (SSSR count). The third-order valence-corrected chi connectivity index (χ3v) is 3.26. The number of hydrogen-bond acceptors (Lipinski definition) is 3. The van der Waals surface area contributed by atoms with Crippen molar-refractivity contribution in [3.05, 3.63) is 35.5 Å². The van der Waals surface area contributed by atoms with Crippen LogP contribution in [0, 0.1) is 6.92 Å². The molecule has 110 valence electrons. The van der Waals surface area contributed by atoms with Crippen LogP contribution in [0.5, 0.6) is 0 Å². The minimum absolute atomic E-state index is 0.125. The molecule has 0 fully saturated rings. The van der Waals surface area contributed by atoms with Crippen LogP contribution in [0.3, 0.4) is 0 Å². The molecule has 3 aromatic rings. The third kappa shape index (κ3) is 2.03. The Labute approximate surface area is 117 Å². The largest absolute Gasteiger partial charge is 0.416 e. The maximum Gasteiger partial charge on any atom is 0.416 e. The normalized spacial score (nSPS) is 12.2. The van der Waals surface area contributed by atoms with Gasteiger partial charge in [-0.05, 0) is 25.1 Å². The van der Waals surface area contributed by atoms with Crippen LogP contribution in [0.1, 0.15) is 11.3 Å². The number of nitrogen functional groups attached to an aromatic ring is 1. The quantitative estimate of drug-likeness (QED) is 0.750. The van der Waals surface area contributed by atoms with E-state index in [1.807, 2.05) is 0 Å². The molecule has 0 saturated heterocycles. The molecule has 0 amide bonds. The second-order valence-electron chi connectivity index (χ2n) is 4.73. The third-order valence-electron chi connectivity index (χ3n) is 3.26. The lowest BCUT2D eigenvalue weighted by molar-refractivity contribution is -0.137. The van der Waals surface area contributed by atoms with Crippen LogP contribution >= 0.6 is 0 Å². The Morgan fingerprint density at radius 3 is 2.62 bits per heavy atom. The molecular weight excluding hydrogens is 283 g/mol. The Bertz CT molecular complexity index is 828. The molecule has 0 unspecified atom stereocenters. The van der Waals surface area contributed by atoms with Crippen molar-refractivity contribution in [2.24, 2.45) is 7.05 Å². The van der Waals surface area contributed by atoms with Crippen molar-refractivity contribution in [2.75, 3.05) is 5.73 Å². The maximum absolute atomic E-state index is 12.8. The summed E-state index contributed by atoms with van der Waals surface area (Å²) in [6, 6.07) is 4.95. The molecule has 0 saturated carbocycles. The summed E-state index contributed by atoms with van der Waals surface area (Å²) >= 11 is 0. The highest BCUT2D eigenvalue weighted by molar-refractivity contribution is 5.80. The lowest BCUT2D eigenvalue weighted by atomic mass is 10.2. The topological polar surface area (TPSA) is 61.7 Å². The van der Waals surface area contributed by atoms with Crippen molar-refractivity contribution in [1.29, 1.82) is 0 Å². The van der Waals surface area contributed by atoms with Crippen LogP contribution in [-0.4, -0.2) is 19.3 Å². The van der Waals surface area contributed by atoms with Crippen molar-refractivity contribution >= 4 is 17.1 Å². The summed E-state index contributed by atoms with van der Waals surface area (Å²) in [7, 11) is 1.70. The fourth-order valence-electron chi connectivity index (χ4n) is 2.37. The van der Waals surface area contributed by atoms with Crippen molar-refractivity contribution < 1.29 is 13.2 Å². The number of nitrogens with zero attached hydrogens (tertiary/aromatic N) is 4. The van der Waals surface area contributed by atoms with E-state index in [9.17, 15) is 13.2 Å². The molecule has 21 heavy (non-hydrogen) atoms. The van der Waals surface area contributed by atoms with Gasteiger partial charge in [0.15, 0.2) is 5.65 Å². The van der Waals surface area contributed by atoms with Crippen molar-refractivity contribution in [3.8, 4) is 5.69 Å². The number of aromatic nitrogens is 4. The molecule has 0 radical (unpaired) electrons. The Balaban J connectivity index is 2.28. The van der Waals surface area contributed by atoms with E-state index in [-0.39, 0.29) is 5.95 Å². The van der Waals surface area contributed by atoms with Crippen LogP contribution in [0.25, 0.3) is 16.9 Å². The van der Waals surface area contributed by atoms with Gasteiger partial charge in [0, 0.05) is 7.05 Å². The minimum atomic E-state index is -4.41. The monoisotopic (exact) mass is 295 g/mol. The SMILES string of the molecule is Cc1nn(C)c2c1nc(N)n2-c1cccc(C(F)(F)F)c1. The molecule has 2 heterocycles. The van der Waals surface area contributed by atoms with Crippen molar-refractivity contribution in [2.45, 2.75) is 13.1 Å². The first-order valence-corrected chi connectivity index (χ1v) is 6.14. The van der Waals surface area contributed by atoms with Gasteiger partial charge in [-0.3, -0.25) is 4.57 Å². The van der Waals surface area contributed by atoms with Gasteiger partial charge in [0.1, 0.15) is 5.52 Å². The zero-order chi connectivity index (χ0) is 15.4. The number of alkyl halides is 3. The van der Waals surface area contributed by atoms with Crippen LogP contribution in [0.2, 0.25) is 0 Å². The molecule has 0 aliphatic carbocycles. The molecule has 0 spiro atoms. The number of benzene rings is 1. The molecule has 0 aliphatic heterocycles. The molecule has 0 aliphatic rings. The number of rotatable bonds is 1. The first kappa shape index (κ1) is 13.5. The highest BCUT2D eigenvalue weighted by Gasteiger charge is 2.31. The number of fused-ring (bicyclic) bond motifs is 1. The van der Waals surface area contributed by atoms with E-state index in [1.54, 1.807) is 24.7 Å². The summed E-state index contributed by atoms with van der Waals surface area (Å²) in [6.07, 6.45) is -4.41. The van der Waals surface area contributed by atoms with Gasteiger partial charge < -0.3 is 5.73 Å². The van der Waals surface area contributed by atoms with Crippen LogP contribution < -0.4 is 5.73 Å². The van der Waals surface area contributed by atoms with Gasteiger partial charge in [-0.2, -0.15) is 18.3 Å². The van der Waals surface area contributed by atoms with E-state index in [0.717, 1.165) is 12.1 Å². The van der Waals surface area contributed by atoms with Gasteiger partial charge in [-0.1, -0.05) is 6.07 Å². The van der Waals surface area contributed by atoms with Crippen molar-refractivity contribution in [3.63, 3.8) is 0 Å². The Kier molecular flexibility index (Phi) is 2.72. The van der Waals surface area contributed by atoms with E-state index in [1.165, 1.54) is 10.6 Å². The molecule has 0 atom stereocenters. The van der Waals surface area contributed by atoms with E-state index < -0.39 is 11.7 Å². The summed E-state index contributed by atoms with van der Waals surface area (Å²) in [6.45, 7) is 1.77. The van der Waals surface area contributed by atoms with E-state index in [2.05, 4.69) is 10.1 Å². The number of anilines is 1. The van der Waals surface area contributed by atoms with Crippen LogP contribution in [-0.2, 0) is 13.2 Å². The lowest BCUT2D eigenvalue weighted by Crippen LogP contribution is -2.08. The second kappa shape index (κ2) is 4.24. The van der Waals surface area contributed by atoms with E-state index >= 15 is 0 Å². The van der Waals surface area contributed by atoms with E-state index in [4.69, 9.17) is 5.73 Å². The predicted octanol–water partition coefficient (Wildman–Crippen LogP) is 2.67. The lowest BCUT2D eigenvalue weighted by Gasteiger charge is -2.11. The summed E-state index contributed by atoms with van der Waals surface area (Å²) < 4.78 is 41.5. The fraction of sp³-hybridized carbons (Fsp3) is 0.231. The Morgan fingerprint density at radius 2 is 1.95 bits per heavy atom.